The Morgan fingerprint density at radius 2 is 1.88 bits per heavy atom. The highest BCUT2D eigenvalue weighted by Crippen LogP contribution is 2.29. The van der Waals surface area contributed by atoms with Gasteiger partial charge < -0.3 is 4.90 Å². The third-order valence-corrected chi connectivity index (χ3v) is 3.73. The van der Waals surface area contributed by atoms with Crippen LogP contribution in [-0.4, -0.2) is 13.1 Å². The first kappa shape index (κ1) is 13.7. The van der Waals surface area contributed by atoms with Gasteiger partial charge in [0, 0.05) is 19.0 Å². The van der Waals surface area contributed by atoms with Crippen molar-refractivity contribution in [3.8, 4) is 0 Å². The first-order valence-corrected chi connectivity index (χ1v) is 6.45. The van der Waals surface area contributed by atoms with Crippen LogP contribution in [0.15, 0.2) is 18.2 Å². The minimum atomic E-state index is 0.458. The van der Waals surface area contributed by atoms with Crippen molar-refractivity contribution in [1.29, 1.82) is 0 Å². The molecule has 1 nitrogen and oxygen atoms in total. The Hall–Kier alpha value is -0.400. The molecule has 0 saturated carbocycles. The van der Waals surface area contributed by atoms with Crippen LogP contribution in [0.4, 0.5) is 5.69 Å². The summed E-state index contributed by atoms with van der Waals surface area (Å²) in [6.45, 7) is 6.63. The maximum absolute atomic E-state index is 6.25. The summed E-state index contributed by atoms with van der Waals surface area (Å²) in [5.41, 5.74) is 2.12. The summed E-state index contributed by atoms with van der Waals surface area (Å²) in [6.07, 6.45) is 0. The molecule has 0 N–H and O–H groups in total. The minimum absolute atomic E-state index is 0.458. The topological polar surface area (TPSA) is 3.24 Å². The van der Waals surface area contributed by atoms with Crippen LogP contribution in [0, 0.1) is 5.92 Å². The molecule has 0 aliphatic carbocycles. The largest absolute Gasteiger partial charge is 0.370 e. The van der Waals surface area contributed by atoms with Gasteiger partial charge in [0.1, 0.15) is 0 Å². The number of halogens is 2. The second-order valence-corrected chi connectivity index (χ2v) is 5.19. The Morgan fingerprint density at radius 3 is 2.31 bits per heavy atom. The highest BCUT2D eigenvalue weighted by atomic mass is 35.5. The van der Waals surface area contributed by atoms with Crippen LogP contribution >= 0.6 is 23.2 Å². The predicted octanol–water partition coefficient (Wildman–Crippen LogP) is 4.56. The lowest BCUT2D eigenvalue weighted by molar-refractivity contribution is 0.505. The van der Waals surface area contributed by atoms with E-state index in [9.17, 15) is 0 Å². The molecule has 1 aromatic rings. The second kappa shape index (κ2) is 5.79. The average Bonchev–Trinajstić information content (AvgIpc) is 2.26. The van der Waals surface area contributed by atoms with E-state index >= 15 is 0 Å². The average molecular weight is 260 g/mol. The predicted molar refractivity (Wildman–Crippen MR) is 73.7 cm³/mol. The van der Waals surface area contributed by atoms with E-state index in [1.165, 1.54) is 0 Å². The van der Waals surface area contributed by atoms with E-state index < -0.39 is 0 Å². The quantitative estimate of drug-likeness (QED) is 0.717. The maximum atomic E-state index is 6.25. The zero-order chi connectivity index (χ0) is 12.3. The number of nitrogens with zero attached hydrogens (tertiary/aromatic N) is 1. The molecule has 1 unspecified atom stereocenters. The van der Waals surface area contributed by atoms with Gasteiger partial charge in [-0.15, -0.1) is 11.6 Å². The summed E-state index contributed by atoms with van der Waals surface area (Å²) in [7, 11) is 2.08. The zero-order valence-corrected chi connectivity index (χ0v) is 11.8. The lowest BCUT2D eigenvalue weighted by Crippen LogP contribution is -2.33. The van der Waals surface area contributed by atoms with E-state index in [1.54, 1.807) is 0 Å². The summed E-state index contributed by atoms with van der Waals surface area (Å²) in [6, 6.07) is 6.46. The molecule has 90 valence electrons. The maximum Gasteiger partial charge on any atom is 0.0642 e. The molecule has 0 aliphatic rings. The normalized spacial score (nSPS) is 12.9. The smallest absolute Gasteiger partial charge is 0.0642 e. The second-order valence-electron chi connectivity index (χ2n) is 4.51. The number of hydrogen-bond acceptors (Lipinski definition) is 1. The summed E-state index contributed by atoms with van der Waals surface area (Å²) in [4.78, 5) is 2.21. The molecular formula is C13H19Cl2N. The fraction of sp³-hybridized carbons (Fsp3) is 0.538. The SMILES string of the molecule is CC(C)C(C)N(C)c1ccc(CCl)cc1Cl. The van der Waals surface area contributed by atoms with Crippen molar-refractivity contribution < 1.29 is 0 Å². The van der Waals surface area contributed by atoms with Crippen LogP contribution in [-0.2, 0) is 5.88 Å². The number of anilines is 1. The summed E-state index contributed by atoms with van der Waals surface area (Å²) in [5, 5.41) is 0.771. The molecule has 0 bridgehead atoms. The van der Waals surface area contributed by atoms with Gasteiger partial charge in [0.2, 0.25) is 0 Å². The van der Waals surface area contributed by atoms with Gasteiger partial charge in [0.25, 0.3) is 0 Å². The van der Waals surface area contributed by atoms with Gasteiger partial charge in [-0.3, -0.25) is 0 Å². The third kappa shape index (κ3) is 3.05. The minimum Gasteiger partial charge on any atom is -0.370 e. The molecule has 0 heterocycles. The van der Waals surface area contributed by atoms with Crippen molar-refractivity contribution in [3.05, 3.63) is 28.8 Å². The van der Waals surface area contributed by atoms with E-state index in [4.69, 9.17) is 23.2 Å². The molecule has 0 radical (unpaired) electrons. The fourth-order valence-electron chi connectivity index (χ4n) is 1.59. The van der Waals surface area contributed by atoms with Crippen molar-refractivity contribution in [2.24, 2.45) is 5.92 Å². The van der Waals surface area contributed by atoms with Crippen LogP contribution in [0.25, 0.3) is 0 Å². The number of rotatable bonds is 4. The number of benzene rings is 1. The lowest BCUT2D eigenvalue weighted by Gasteiger charge is -2.30. The van der Waals surface area contributed by atoms with Crippen LogP contribution in [0.5, 0.6) is 0 Å². The first-order chi connectivity index (χ1) is 7.47. The molecule has 0 fully saturated rings. The molecule has 1 atom stereocenters. The van der Waals surface area contributed by atoms with Gasteiger partial charge >= 0.3 is 0 Å². The molecule has 3 heteroatoms. The first-order valence-electron chi connectivity index (χ1n) is 5.54. The van der Waals surface area contributed by atoms with Crippen molar-refractivity contribution >= 4 is 28.9 Å². The van der Waals surface area contributed by atoms with Crippen LogP contribution in [0.1, 0.15) is 26.3 Å². The Balaban J connectivity index is 2.96. The standard InChI is InChI=1S/C13H19Cl2N/c1-9(2)10(3)16(4)13-6-5-11(8-14)7-12(13)15/h5-7,9-10H,8H2,1-4H3. The van der Waals surface area contributed by atoms with Gasteiger partial charge in [0.15, 0.2) is 0 Å². The molecule has 0 aliphatic heterocycles. The summed E-state index contributed by atoms with van der Waals surface area (Å²) in [5.74, 6) is 1.09. The summed E-state index contributed by atoms with van der Waals surface area (Å²) >= 11 is 12.0. The molecule has 0 aromatic heterocycles. The van der Waals surface area contributed by atoms with E-state index in [2.05, 4.69) is 32.7 Å². The highest BCUT2D eigenvalue weighted by molar-refractivity contribution is 6.33. The van der Waals surface area contributed by atoms with Crippen molar-refractivity contribution in [2.75, 3.05) is 11.9 Å². The fourth-order valence-corrected chi connectivity index (χ4v) is 2.09. The van der Waals surface area contributed by atoms with Gasteiger partial charge in [-0.25, -0.2) is 0 Å². The monoisotopic (exact) mass is 259 g/mol. The van der Waals surface area contributed by atoms with Crippen molar-refractivity contribution in [1.82, 2.24) is 0 Å². The van der Waals surface area contributed by atoms with Gasteiger partial charge in [-0.2, -0.15) is 0 Å². The molecular weight excluding hydrogens is 241 g/mol. The van der Waals surface area contributed by atoms with E-state index in [1.807, 2.05) is 18.2 Å². The third-order valence-electron chi connectivity index (χ3n) is 3.12. The highest BCUT2D eigenvalue weighted by Gasteiger charge is 2.15. The Kier molecular flexibility index (Phi) is 4.94. The van der Waals surface area contributed by atoms with Crippen LogP contribution < -0.4 is 4.90 Å². The Morgan fingerprint density at radius 1 is 1.25 bits per heavy atom. The Bertz CT molecular complexity index is 350. The molecule has 0 amide bonds. The van der Waals surface area contributed by atoms with E-state index in [0.29, 0.717) is 17.8 Å². The molecule has 1 aromatic carbocycles. The summed E-state index contributed by atoms with van der Waals surface area (Å²) < 4.78 is 0. The number of alkyl halides is 1. The van der Waals surface area contributed by atoms with Gasteiger partial charge in [-0.05, 0) is 30.5 Å². The molecule has 16 heavy (non-hydrogen) atoms. The van der Waals surface area contributed by atoms with Gasteiger partial charge in [0.05, 0.1) is 10.7 Å². The molecule has 1 rings (SSSR count). The van der Waals surface area contributed by atoms with Crippen LogP contribution in [0.3, 0.4) is 0 Å². The molecule has 0 saturated heterocycles. The van der Waals surface area contributed by atoms with Crippen molar-refractivity contribution in [2.45, 2.75) is 32.7 Å². The lowest BCUT2D eigenvalue weighted by atomic mass is 10.0. The number of hydrogen-bond donors (Lipinski definition) is 0. The van der Waals surface area contributed by atoms with Crippen LogP contribution in [0.2, 0.25) is 5.02 Å². The zero-order valence-electron chi connectivity index (χ0n) is 10.3. The van der Waals surface area contributed by atoms with Crippen molar-refractivity contribution in [3.63, 3.8) is 0 Å². The molecule has 0 spiro atoms. The van der Waals surface area contributed by atoms with E-state index in [0.717, 1.165) is 16.3 Å². The Labute approximate surface area is 108 Å². The van der Waals surface area contributed by atoms with E-state index in [-0.39, 0.29) is 0 Å². The van der Waals surface area contributed by atoms with Gasteiger partial charge in [-0.1, -0.05) is 31.5 Å².